The number of hydrogen-bond acceptors (Lipinski definition) is 3. The third-order valence-electron chi connectivity index (χ3n) is 4.12. The lowest BCUT2D eigenvalue weighted by Crippen LogP contribution is -2.48. The topological polar surface area (TPSA) is 58.4 Å². The summed E-state index contributed by atoms with van der Waals surface area (Å²) in [5.74, 6) is 0.0924. The molecular weight excluding hydrogens is 250 g/mol. The molecule has 3 N–H and O–H groups in total. The molecular formula is C16H25N3O. The highest BCUT2D eigenvalue weighted by molar-refractivity contribution is 5.78. The normalized spacial score (nSPS) is 15.8. The van der Waals surface area contributed by atoms with Crippen LogP contribution >= 0.6 is 0 Å². The summed E-state index contributed by atoms with van der Waals surface area (Å²) in [7, 11) is 0. The molecule has 0 aromatic heterocycles. The summed E-state index contributed by atoms with van der Waals surface area (Å²) in [5.41, 5.74) is 9.23. The average Bonchev–Trinajstić information content (AvgIpc) is 2.39. The summed E-state index contributed by atoms with van der Waals surface area (Å²) in [6, 6.07) is 6.06. The van der Waals surface area contributed by atoms with Gasteiger partial charge >= 0.3 is 0 Å². The summed E-state index contributed by atoms with van der Waals surface area (Å²) in [6.07, 6.45) is 1.89. The fraction of sp³-hybridized carbons (Fsp3) is 0.562. The number of nitrogens with zero attached hydrogens (tertiary/aromatic N) is 1. The van der Waals surface area contributed by atoms with E-state index in [0.717, 1.165) is 31.6 Å². The first-order valence-corrected chi connectivity index (χ1v) is 7.31. The Hall–Kier alpha value is -1.55. The molecule has 1 aliphatic rings. The van der Waals surface area contributed by atoms with Gasteiger partial charge in [-0.15, -0.1) is 0 Å². The first-order valence-electron chi connectivity index (χ1n) is 7.31. The zero-order valence-electron chi connectivity index (χ0n) is 12.7. The molecule has 2 rings (SSSR count). The van der Waals surface area contributed by atoms with E-state index < -0.39 is 0 Å². The van der Waals surface area contributed by atoms with Gasteiger partial charge in [-0.2, -0.15) is 0 Å². The number of carbonyl (C=O) groups is 1. The van der Waals surface area contributed by atoms with Crippen LogP contribution in [0.3, 0.4) is 0 Å². The van der Waals surface area contributed by atoms with Crippen molar-refractivity contribution >= 4 is 11.6 Å². The summed E-state index contributed by atoms with van der Waals surface area (Å²) in [5, 5.41) is 3.08. The van der Waals surface area contributed by atoms with E-state index in [4.69, 9.17) is 5.73 Å². The Morgan fingerprint density at radius 1 is 1.45 bits per heavy atom. The SMILES string of the molecule is CCC(C)(C)NC(=O)CN1CCc2cccc(N)c2C1. The highest BCUT2D eigenvalue weighted by Crippen LogP contribution is 2.23. The minimum atomic E-state index is -0.135. The van der Waals surface area contributed by atoms with Gasteiger partial charge < -0.3 is 11.1 Å². The van der Waals surface area contributed by atoms with E-state index in [0.29, 0.717) is 6.54 Å². The number of nitrogens with two attached hydrogens (primary N) is 1. The van der Waals surface area contributed by atoms with E-state index in [1.54, 1.807) is 0 Å². The zero-order chi connectivity index (χ0) is 14.8. The van der Waals surface area contributed by atoms with Crippen molar-refractivity contribution in [1.29, 1.82) is 0 Å². The van der Waals surface area contributed by atoms with E-state index in [1.165, 1.54) is 11.1 Å². The fourth-order valence-electron chi connectivity index (χ4n) is 2.51. The minimum absolute atomic E-state index is 0.0924. The molecule has 0 radical (unpaired) electrons. The van der Waals surface area contributed by atoms with Crippen LogP contribution in [0.1, 0.15) is 38.3 Å². The summed E-state index contributed by atoms with van der Waals surface area (Å²) >= 11 is 0. The lowest BCUT2D eigenvalue weighted by atomic mass is 9.98. The average molecular weight is 275 g/mol. The minimum Gasteiger partial charge on any atom is -0.398 e. The highest BCUT2D eigenvalue weighted by Gasteiger charge is 2.22. The molecule has 110 valence electrons. The van der Waals surface area contributed by atoms with Crippen LogP contribution in [0.2, 0.25) is 0 Å². The number of amides is 1. The summed E-state index contributed by atoms with van der Waals surface area (Å²) in [4.78, 5) is 14.3. The molecule has 1 aliphatic heterocycles. The zero-order valence-corrected chi connectivity index (χ0v) is 12.7. The molecule has 1 amide bonds. The third kappa shape index (κ3) is 3.51. The molecule has 1 heterocycles. The lowest BCUT2D eigenvalue weighted by Gasteiger charge is -2.31. The Balaban J connectivity index is 1.97. The van der Waals surface area contributed by atoms with Crippen LogP contribution in [0, 0.1) is 0 Å². The smallest absolute Gasteiger partial charge is 0.234 e. The molecule has 0 fully saturated rings. The van der Waals surface area contributed by atoms with Gasteiger partial charge in [0.1, 0.15) is 0 Å². The number of anilines is 1. The maximum atomic E-state index is 12.1. The Labute approximate surface area is 121 Å². The second-order valence-electron chi connectivity index (χ2n) is 6.23. The first-order chi connectivity index (χ1) is 9.41. The van der Waals surface area contributed by atoms with E-state index >= 15 is 0 Å². The fourth-order valence-corrected chi connectivity index (χ4v) is 2.51. The van der Waals surface area contributed by atoms with Crippen molar-refractivity contribution in [1.82, 2.24) is 10.2 Å². The van der Waals surface area contributed by atoms with Gasteiger partial charge in [0.15, 0.2) is 0 Å². The molecule has 0 bridgehead atoms. The number of fused-ring (bicyclic) bond motifs is 1. The first kappa shape index (κ1) is 14.9. The van der Waals surface area contributed by atoms with Crippen LogP contribution in [-0.4, -0.2) is 29.4 Å². The molecule has 4 nitrogen and oxygen atoms in total. The van der Waals surface area contributed by atoms with E-state index in [9.17, 15) is 4.79 Å². The number of carbonyl (C=O) groups excluding carboxylic acids is 1. The van der Waals surface area contributed by atoms with Crippen molar-refractivity contribution in [3.05, 3.63) is 29.3 Å². The predicted octanol–water partition coefficient (Wildman–Crippen LogP) is 1.93. The molecule has 0 saturated heterocycles. The van der Waals surface area contributed by atoms with E-state index in [-0.39, 0.29) is 11.4 Å². The Bertz CT molecular complexity index is 496. The van der Waals surface area contributed by atoms with Gasteiger partial charge in [0.25, 0.3) is 0 Å². The predicted molar refractivity (Wildman–Crippen MR) is 82.3 cm³/mol. The Morgan fingerprint density at radius 2 is 2.20 bits per heavy atom. The molecule has 0 unspecified atom stereocenters. The second-order valence-corrected chi connectivity index (χ2v) is 6.23. The van der Waals surface area contributed by atoms with Gasteiger partial charge in [0, 0.05) is 24.3 Å². The van der Waals surface area contributed by atoms with E-state index in [1.807, 2.05) is 26.0 Å². The Kier molecular flexibility index (Phi) is 4.33. The van der Waals surface area contributed by atoms with Crippen LogP contribution in [0.15, 0.2) is 18.2 Å². The van der Waals surface area contributed by atoms with Crippen molar-refractivity contribution in [2.24, 2.45) is 0 Å². The molecule has 0 saturated carbocycles. The van der Waals surface area contributed by atoms with Crippen LogP contribution < -0.4 is 11.1 Å². The highest BCUT2D eigenvalue weighted by atomic mass is 16.2. The standard InChI is InChI=1S/C16H25N3O/c1-4-16(2,3)18-15(20)11-19-9-8-12-6-5-7-14(17)13(12)10-19/h5-7H,4,8-11,17H2,1-3H3,(H,18,20). The van der Waals surface area contributed by atoms with Gasteiger partial charge in [0.05, 0.1) is 6.54 Å². The number of nitrogen functional groups attached to an aromatic ring is 1. The van der Waals surface area contributed by atoms with Crippen molar-refractivity contribution < 1.29 is 4.79 Å². The quantitative estimate of drug-likeness (QED) is 0.826. The molecule has 20 heavy (non-hydrogen) atoms. The number of rotatable bonds is 4. The van der Waals surface area contributed by atoms with Crippen LogP contribution in [0.25, 0.3) is 0 Å². The molecule has 0 aliphatic carbocycles. The van der Waals surface area contributed by atoms with Crippen LogP contribution in [0.5, 0.6) is 0 Å². The van der Waals surface area contributed by atoms with Gasteiger partial charge in [-0.3, -0.25) is 9.69 Å². The second kappa shape index (κ2) is 5.83. The van der Waals surface area contributed by atoms with Crippen molar-refractivity contribution in [3.63, 3.8) is 0 Å². The lowest BCUT2D eigenvalue weighted by molar-refractivity contribution is -0.124. The van der Waals surface area contributed by atoms with Crippen molar-refractivity contribution in [2.45, 2.75) is 45.7 Å². The van der Waals surface area contributed by atoms with Crippen molar-refractivity contribution in [2.75, 3.05) is 18.8 Å². The number of benzene rings is 1. The van der Waals surface area contributed by atoms with Gasteiger partial charge in [0.2, 0.25) is 5.91 Å². The van der Waals surface area contributed by atoms with Gasteiger partial charge in [-0.1, -0.05) is 19.1 Å². The number of nitrogens with one attached hydrogen (secondary N) is 1. The van der Waals surface area contributed by atoms with Crippen LogP contribution in [-0.2, 0) is 17.8 Å². The summed E-state index contributed by atoms with van der Waals surface area (Å²) in [6.45, 7) is 8.30. The third-order valence-corrected chi connectivity index (χ3v) is 4.12. The number of hydrogen-bond donors (Lipinski definition) is 2. The van der Waals surface area contributed by atoms with Crippen molar-refractivity contribution in [3.8, 4) is 0 Å². The Morgan fingerprint density at radius 3 is 2.90 bits per heavy atom. The largest absolute Gasteiger partial charge is 0.398 e. The van der Waals surface area contributed by atoms with E-state index in [2.05, 4.69) is 23.2 Å². The monoisotopic (exact) mass is 275 g/mol. The molecule has 0 atom stereocenters. The van der Waals surface area contributed by atoms with Gasteiger partial charge in [-0.05, 0) is 43.9 Å². The maximum Gasteiger partial charge on any atom is 0.234 e. The van der Waals surface area contributed by atoms with Crippen LogP contribution in [0.4, 0.5) is 5.69 Å². The molecule has 1 aromatic carbocycles. The van der Waals surface area contributed by atoms with Gasteiger partial charge in [-0.25, -0.2) is 0 Å². The molecule has 0 spiro atoms. The molecule has 1 aromatic rings. The maximum absolute atomic E-state index is 12.1. The summed E-state index contributed by atoms with van der Waals surface area (Å²) < 4.78 is 0. The molecule has 4 heteroatoms.